The molecule has 1 saturated carbocycles. The van der Waals surface area contributed by atoms with Crippen molar-refractivity contribution in [3.8, 4) is 0 Å². The van der Waals surface area contributed by atoms with Crippen LogP contribution >= 0.6 is 0 Å². The topological polar surface area (TPSA) is 29.1 Å². The number of allylic oxidation sites excluding steroid dienone is 2. The lowest BCUT2D eigenvalue weighted by atomic mass is 9.93. The van der Waals surface area contributed by atoms with E-state index in [1.54, 1.807) is 7.05 Å². The molecule has 2 bridgehead atoms. The molecule has 1 fully saturated rings. The lowest BCUT2D eigenvalue weighted by molar-refractivity contribution is -0.125. The molecule has 3 unspecified atom stereocenters. The van der Waals surface area contributed by atoms with E-state index in [-0.39, 0.29) is 11.8 Å². The molecule has 1 N–H and O–H groups in total. The lowest BCUT2D eigenvalue weighted by Gasteiger charge is -2.15. The molecule has 0 saturated heterocycles. The first kappa shape index (κ1) is 10.3. The minimum absolute atomic E-state index is 0.224. The molecule has 0 radical (unpaired) electrons. The van der Waals surface area contributed by atoms with E-state index >= 15 is 0 Å². The Morgan fingerprint density at radius 1 is 1.31 bits per heavy atom. The summed E-state index contributed by atoms with van der Waals surface area (Å²) < 4.78 is 0. The molecule has 0 aromatic carbocycles. The van der Waals surface area contributed by atoms with Gasteiger partial charge in [0.25, 0.3) is 0 Å². The minimum atomic E-state index is 0.224. The predicted molar refractivity (Wildman–Crippen MR) is 54.3 cm³/mol. The quantitative estimate of drug-likeness (QED) is 0.616. The molecule has 2 nitrogen and oxygen atoms in total. The Kier molecular flexibility index (Phi) is 3.52. The van der Waals surface area contributed by atoms with Gasteiger partial charge in [0, 0.05) is 13.0 Å². The van der Waals surface area contributed by atoms with Crippen molar-refractivity contribution in [3.05, 3.63) is 12.2 Å². The molecule has 0 aliphatic heterocycles. The summed E-state index contributed by atoms with van der Waals surface area (Å²) in [5, 5.41) is 2.72. The zero-order valence-corrected chi connectivity index (χ0v) is 8.71. The molecular weight excluding hydrogens is 162 g/mol. The van der Waals surface area contributed by atoms with Crippen molar-refractivity contribution < 1.29 is 4.79 Å². The average molecular weight is 181 g/mol. The summed E-state index contributed by atoms with van der Waals surface area (Å²) in [6, 6.07) is 0. The van der Waals surface area contributed by atoms with Crippen molar-refractivity contribution in [1.82, 2.24) is 5.32 Å². The Morgan fingerprint density at radius 2 is 2.00 bits per heavy atom. The lowest BCUT2D eigenvalue weighted by Crippen LogP contribution is -2.29. The third-order valence-corrected chi connectivity index (χ3v) is 2.86. The molecule has 3 atom stereocenters. The van der Waals surface area contributed by atoms with Crippen molar-refractivity contribution in [2.45, 2.75) is 26.7 Å². The molecule has 1 amide bonds. The van der Waals surface area contributed by atoms with Gasteiger partial charge in [0.05, 0.1) is 0 Å². The third kappa shape index (κ3) is 1.93. The fourth-order valence-electron chi connectivity index (χ4n) is 2.27. The number of amides is 1. The second-order valence-electron chi connectivity index (χ2n) is 3.50. The van der Waals surface area contributed by atoms with Gasteiger partial charge in [0.2, 0.25) is 5.91 Å². The Balaban J connectivity index is 0.000000396. The van der Waals surface area contributed by atoms with Gasteiger partial charge in [-0.2, -0.15) is 0 Å². The summed E-state index contributed by atoms with van der Waals surface area (Å²) in [4.78, 5) is 11.3. The number of rotatable bonds is 1. The second-order valence-corrected chi connectivity index (χ2v) is 3.50. The van der Waals surface area contributed by atoms with E-state index in [2.05, 4.69) is 17.5 Å². The van der Waals surface area contributed by atoms with E-state index in [1.165, 1.54) is 6.42 Å². The Labute approximate surface area is 80.4 Å². The second kappa shape index (κ2) is 4.45. The summed E-state index contributed by atoms with van der Waals surface area (Å²) in [7, 11) is 1.72. The standard InChI is InChI=1S/C9H13NO.C2H6/c1-10-9(11)8-5-6-2-3-7(8)4-6;1-2/h2-3,6-8H,4-5H2,1H3,(H,10,11);1-2H3. The highest BCUT2D eigenvalue weighted by molar-refractivity contribution is 5.79. The van der Waals surface area contributed by atoms with Crippen LogP contribution in [-0.2, 0) is 4.79 Å². The van der Waals surface area contributed by atoms with Crippen LogP contribution in [0.1, 0.15) is 26.7 Å². The maximum Gasteiger partial charge on any atom is 0.223 e. The molecule has 2 aliphatic rings. The first-order chi connectivity index (χ1) is 6.31. The number of carbonyl (C=O) groups is 1. The fourth-order valence-corrected chi connectivity index (χ4v) is 2.27. The SMILES string of the molecule is CC.CNC(=O)C1CC2C=CC1C2. The summed E-state index contributed by atoms with van der Waals surface area (Å²) in [6.45, 7) is 4.00. The van der Waals surface area contributed by atoms with Gasteiger partial charge < -0.3 is 5.32 Å². The van der Waals surface area contributed by atoms with Gasteiger partial charge in [0.15, 0.2) is 0 Å². The number of fused-ring (bicyclic) bond motifs is 2. The van der Waals surface area contributed by atoms with Crippen LogP contribution in [0.3, 0.4) is 0 Å². The largest absolute Gasteiger partial charge is 0.359 e. The minimum Gasteiger partial charge on any atom is -0.359 e. The highest BCUT2D eigenvalue weighted by atomic mass is 16.1. The van der Waals surface area contributed by atoms with E-state index in [0.717, 1.165) is 6.42 Å². The third-order valence-electron chi connectivity index (χ3n) is 2.86. The normalized spacial score (nSPS) is 33.9. The molecule has 0 heterocycles. The van der Waals surface area contributed by atoms with Crippen LogP contribution in [0.5, 0.6) is 0 Å². The van der Waals surface area contributed by atoms with E-state index in [9.17, 15) is 4.79 Å². The van der Waals surface area contributed by atoms with Gasteiger partial charge >= 0.3 is 0 Å². The van der Waals surface area contributed by atoms with Crippen molar-refractivity contribution >= 4 is 5.91 Å². The Morgan fingerprint density at radius 3 is 2.38 bits per heavy atom. The highest BCUT2D eigenvalue weighted by Crippen LogP contribution is 2.43. The summed E-state index contributed by atoms with van der Waals surface area (Å²) in [5.41, 5.74) is 0. The smallest absolute Gasteiger partial charge is 0.223 e. The average Bonchev–Trinajstić information content (AvgIpc) is 2.80. The van der Waals surface area contributed by atoms with E-state index in [1.807, 2.05) is 13.8 Å². The molecule has 2 aliphatic carbocycles. The van der Waals surface area contributed by atoms with Crippen LogP contribution in [0.25, 0.3) is 0 Å². The Bertz CT molecular complexity index is 210. The zero-order chi connectivity index (χ0) is 9.84. The van der Waals surface area contributed by atoms with Gasteiger partial charge in [-0.1, -0.05) is 26.0 Å². The fraction of sp³-hybridized carbons (Fsp3) is 0.727. The number of carbonyl (C=O) groups excluding carboxylic acids is 1. The number of hydrogen-bond acceptors (Lipinski definition) is 1. The summed E-state index contributed by atoms with van der Waals surface area (Å²) >= 11 is 0. The number of nitrogens with one attached hydrogen (secondary N) is 1. The first-order valence-corrected chi connectivity index (χ1v) is 5.21. The zero-order valence-electron chi connectivity index (χ0n) is 8.71. The van der Waals surface area contributed by atoms with E-state index in [4.69, 9.17) is 0 Å². The predicted octanol–water partition coefficient (Wildman–Crippen LogP) is 1.97. The molecule has 2 heteroatoms. The molecule has 13 heavy (non-hydrogen) atoms. The van der Waals surface area contributed by atoms with Gasteiger partial charge in [-0.05, 0) is 24.7 Å². The molecule has 2 rings (SSSR count). The molecule has 74 valence electrons. The maximum absolute atomic E-state index is 11.3. The summed E-state index contributed by atoms with van der Waals surface area (Å²) in [5.74, 6) is 1.74. The maximum atomic E-state index is 11.3. The van der Waals surface area contributed by atoms with E-state index < -0.39 is 0 Å². The monoisotopic (exact) mass is 181 g/mol. The van der Waals surface area contributed by atoms with Crippen LogP contribution in [0, 0.1) is 17.8 Å². The van der Waals surface area contributed by atoms with Crippen molar-refractivity contribution in [3.63, 3.8) is 0 Å². The van der Waals surface area contributed by atoms with Crippen molar-refractivity contribution in [1.29, 1.82) is 0 Å². The van der Waals surface area contributed by atoms with Gasteiger partial charge in [0.1, 0.15) is 0 Å². The van der Waals surface area contributed by atoms with Crippen LogP contribution in [0.4, 0.5) is 0 Å². The summed E-state index contributed by atoms with van der Waals surface area (Å²) in [6.07, 6.45) is 6.73. The molecule has 0 aromatic heterocycles. The molecule has 0 spiro atoms. The Hall–Kier alpha value is -0.790. The van der Waals surface area contributed by atoms with Gasteiger partial charge in [-0.25, -0.2) is 0 Å². The van der Waals surface area contributed by atoms with Crippen LogP contribution in [-0.4, -0.2) is 13.0 Å². The van der Waals surface area contributed by atoms with E-state index in [0.29, 0.717) is 11.8 Å². The molecule has 0 aromatic rings. The van der Waals surface area contributed by atoms with Crippen molar-refractivity contribution in [2.24, 2.45) is 17.8 Å². The number of hydrogen-bond donors (Lipinski definition) is 1. The van der Waals surface area contributed by atoms with Crippen molar-refractivity contribution in [2.75, 3.05) is 7.05 Å². The van der Waals surface area contributed by atoms with Crippen LogP contribution in [0.2, 0.25) is 0 Å². The van der Waals surface area contributed by atoms with Gasteiger partial charge in [-0.3, -0.25) is 4.79 Å². The highest BCUT2D eigenvalue weighted by Gasteiger charge is 2.39. The van der Waals surface area contributed by atoms with Gasteiger partial charge in [-0.15, -0.1) is 0 Å². The van der Waals surface area contributed by atoms with Crippen LogP contribution in [0.15, 0.2) is 12.2 Å². The molecular formula is C11H19NO. The first-order valence-electron chi connectivity index (χ1n) is 5.21. The van der Waals surface area contributed by atoms with Crippen LogP contribution < -0.4 is 5.32 Å².